The Balaban J connectivity index is 1.46. The van der Waals surface area contributed by atoms with Crippen LogP contribution < -0.4 is 5.32 Å². The van der Waals surface area contributed by atoms with Crippen molar-refractivity contribution >= 4 is 23.2 Å². The van der Waals surface area contributed by atoms with Gasteiger partial charge in [0, 0.05) is 33.2 Å². The Bertz CT molecular complexity index is 731. The second kappa shape index (κ2) is 7.16. The third-order valence-electron chi connectivity index (χ3n) is 3.80. The summed E-state index contributed by atoms with van der Waals surface area (Å²) in [6.07, 6.45) is 0.497. The van der Waals surface area contributed by atoms with Gasteiger partial charge in [0.25, 0.3) is 0 Å². The number of hydrogen-bond acceptors (Lipinski definition) is 6. The molecule has 3 rings (SSSR count). The van der Waals surface area contributed by atoms with Crippen molar-refractivity contribution in [3.05, 3.63) is 23.8 Å². The number of hydrogen-bond donors (Lipinski definition) is 1. The maximum Gasteiger partial charge on any atom is 0.409 e. The zero-order valence-electron chi connectivity index (χ0n) is 13.4. The van der Waals surface area contributed by atoms with Gasteiger partial charge < -0.3 is 19.9 Å². The zero-order valence-corrected chi connectivity index (χ0v) is 13.4. The molecule has 1 N–H and O–H groups in total. The van der Waals surface area contributed by atoms with E-state index in [0.717, 1.165) is 12.0 Å². The van der Waals surface area contributed by atoms with Gasteiger partial charge in [-0.25, -0.2) is 14.2 Å². The van der Waals surface area contributed by atoms with E-state index in [1.165, 1.54) is 0 Å². The summed E-state index contributed by atoms with van der Waals surface area (Å²) in [4.78, 5) is 26.8. The number of amides is 3. The number of fused-ring (bicyclic) bond motifs is 1. The summed E-state index contributed by atoms with van der Waals surface area (Å²) in [6, 6.07) is 5.30. The van der Waals surface area contributed by atoms with Gasteiger partial charge in [-0.1, -0.05) is 6.07 Å². The number of benzene rings is 1. The van der Waals surface area contributed by atoms with Crippen molar-refractivity contribution in [1.82, 2.24) is 25.4 Å². The molecule has 9 heteroatoms. The molecule has 0 atom stereocenters. The molecule has 1 saturated heterocycles. The SMILES string of the molecule is CN(Cc1ccc2nonc2c1)C(=O)NCCN1CCCOC1=O. The van der Waals surface area contributed by atoms with E-state index in [9.17, 15) is 9.59 Å². The van der Waals surface area contributed by atoms with Crippen LogP contribution in [0.5, 0.6) is 0 Å². The van der Waals surface area contributed by atoms with Crippen molar-refractivity contribution in [3.8, 4) is 0 Å². The molecular weight excluding hydrogens is 314 g/mol. The lowest BCUT2D eigenvalue weighted by Crippen LogP contribution is -2.44. The highest BCUT2D eigenvalue weighted by Gasteiger charge is 2.19. The Morgan fingerprint density at radius 3 is 3.04 bits per heavy atom. The molecule has 1 aromatic heterocycles. The smallest absolute Gasteiger partial charge is 0.409 e. The van der Waals surface area contributed by atoms with Gasteiger partial charge >= 0.3 is 12.1 Å². The van der Waals surface area contributed by atoms with Crippen molar-refractivity contribution in [2.75, 3.05) is 33.3 Å². The standard InChI is InChI=1S/C15H19N5O4/c1-19(10-11-3-4-12-13(9-11)18-24-17-12)14(21)16-5-7-20-6-2-8-23-15(20)22/h3-4,9H,2,5-8,10H2,1H3,(H,16,21). The fourth-order valence-electron chi connectivity index (χ4n) is 2.51. The highest BCUT2D eigenvalue weighted by atomic mass is 16.6. The first-order valence-corrected chi connectivity index (χ1v) is 7.75. The Hall–Kier alpha value is -2.84. The first-order chi connectivity index (χ1) is 11.6. The maximum atomic E-state index is 12.1. The maximum absolute atomic E-state index is 12.1. The van der Waals surface area contributed by atoms with Crippen LogP contribution in [0.25, 0.3) is 11.0 Å². The summed E-state index contributed by atoms with van der Waals surface area (Å²) in [6.45, 7) is 2.38. The van der Waals surface area contributed by atoms with Crippen LogP contribution >= 0.6 is 0 Å². The predicted octanol–water partition coefficient (Wildman–Crippen LogP) is 1.21. The van der Waals surface area contributed by atoms with E-state index in [1.54, 1.807) is 22.9 Å². The van der Waals surface area contributed by atoms with Crippen LogP contribution in [0.3, 0.4) is 0 Å². The van der Waals surface area contributed by atoms with Crippen molar-refractivity contribution in [2.24, 2.45) is 0 Å². The fraction of sp³-hybridized carbons (Fsp3) is 0.467. The van der Waals surface area contributed by atoms with Gasteiger partial charge in [0.1, 0.15) is 11.0 Å². The Morgan fingerprint density at radius 1 is 1.38 bits per heavy atom. The van der Waals surface area contributed by atoms with Crippen LogP contribution in [-0.4, -0.2) is 65.5 Å². The molecule has 1 aliphatic heterocycles. The van der Waals surface area contributed by atoms with Crippen molar-refractivity contribution in [2.45, 2.75) is 13.0 Å². The van der Waals surface area contributed by atoms with Gasteiger partial charge in [0.05, 0.1) is 6.61 Å². The minimum Gasteiger partial charge on any atom is -0.449 e. The largest absolute Gasteiger partial charge is 0.449 e. The monoisotopic (exact) mass is 333 g/mol. The minimum absolute atomic E-state index is 0.209. The third kappa shape index (κ3) is 3.73. The lowest BCUT2D eigenvalue weighted by Gasteiger charge is -2.26. The molecule has 3 amide bonds. The van der Waals surface area contributed by atoms with Gasteiger partial charge in [0.2, 0.25) is 0 Å². The second-order valence-electron chi connectivity index (χ2n) is 5.63. The summed E-state index contributed by atoms with van der Waals surface area (Å²) in [5.74, 6) is 0. The number of rotatable bonds is 5. The molecule has 0 spiro atoms. The number of carbonyl (C=O) groups excluding carboxylic acids is 2. The number of aromatic nitrogens is 2. The van der Waals surface area contributed by atoms with Crippen LogP contribution in [0.4, 0.5) is 9.59 Å². The number of urea groups is 1. The molecule has 9 nitrogen and oxygen atoms in total. The molecule has 1 aliphatic rings. The lowest BCUT2D eigenvalue weighted by molar-refractivity contribution is 0.0733. The second-order valence-corrected chi connectivity index (χ2v) is 5.63. The fourth-order valence-corrected chi connectivity index (χ4v) is 2.51. The Labute approximate surface area is 138 Å². The zero-order chi connectivity index (χ0) is 16.9. The van der Waals surface area contributed by atoms with E-state index in [2.05, 4.69) is 20.3 Å². The van der Waals surface area contributed by atoms with Gasteiger partial charge in [-0.15, -0.1) is 0 Å². The van der Waals surface area contributed by atoms with E-state index >= 15 is 0 Å². The van der Waals surface area contributed by atoms with Crippen LogP contribution in [0.15, 0.2) is 22.8 Å². The van der Waals surface area contributed by atoms with Gasteiger partial charge in [-0.2, -0.15) is 0 Å². The molecule has 0 aliphatic carbocycles. The lowest BCUT2D eigenvalue weighted by atomic mass is 10.2. The summed E-state index contributed by atoms with van der Waals surface area (Å²) in [7, 11) is 1.70. The topological polar surface area (TPSA) is 101 Å². The van der Waals surface area contributed by atoms with Crippen LogP contribution in [0.1, 0.15) is 12.0 Å². The Morgan fingerprint density at radius 2 is 2.21 bits per heavy atom. The molecule has 1 aromatic carbocycles. The molecule has 0 radical (unpaired) electrons. The molecule has 128 valence electrons. The summed E-state index contributed by atoms with van der Waals surface area (Å²) >= 11 is 0. The molecule has 0 unspecified atom stereocenters. The van der Waals surface area contributed by atoms with Gasteiger partial charge in [-0.3, -0.25) is 0 Å². The Kier molecular flexibility index (Phi) is 4.78. The summed E-state index contributed by atoms with van der Waals surface area (Å²) in [5, 5.41) is 10.3. The third-order valence-corrected chi connectivity index (χ3v) is 3.80. The van der Waals surface area contributed by atoms with Gasteiger partial charge in [0.15, 0.2) is 0 Å². The summed E-state index contributed by atoms with van der Waals surface area (Å²) < 4.78 is 9.60. The summed E-state index contributed by atoms with van der Waals surface area (Å²) in [5.41, 5.74) is 2.26. The average Bonchev–Trinajstić information content (AvgIpc) is 3.04. The number of carbonyl (C=O) groups is 2. The molecule has 2 aromatic rings. The van der Waals surface area contributed by atoms with E-state index in [1.807, 2.05) is 12.1 Å². The van der Waals surface area contributed by atoms with Crippen LogP contribution in [0.2, 0.25) is 0 Å². The predicted molar refractivity (Wildman–Crippen MR) is 84.2 cm³/mol. The highest BCUT2D eigenvalue weighted by molar-refractivity contribution is 5.75. The molecule has 2 heterocycles. The molecule has 0 saturated carbocycles. The molecular formula is C15H19N5O4. The number of ether oxygens (including phenoxy) is 1. The molecule has 0 bridgehead atoms. The number of nitrogens with zero attached hydrogens (tertiary/aromatic N) is 4. The highest BCUT2D eigenvalue weighted by Crippen LogP contribution is 2.13. The molecule has 1 fully saturated rings. The van der Waals surface area contributed by atoms with Crippen LogP contribution in [-0.2, 0) is 11.3 Å². The van der Waals surface area contributed by atoms with Gasteiger partial charge in [-0.05, 0) is 34.4 Å². The first kappa shape index (κ1) is 16.0. The van der Waals surface area contributed by atoms with E-state index in [0.29, 0.717) is 43.8 Å². The number of cyclic esters (lactones) is 1. The van der Waals surface area contributed by atoms with Crippen molar-refractivity contribution in [1.29, 1.82) is 0 Å². The van der Waals surface area contributed by atoms with E-state index in [-0.39, 0.29) is 12.1 Å². The van der Waals surface area contributed by atoms with Crippen molar-refractivity contribution < 1.29 is 19.0 Å². The van der Waals surface area contributed by atoms with Crippen LogP contribution in [0, 0.1) is 0 Å². The number of nitrogens with one attached hydrogen (secondary N) is 1. The van der Waals surface area contributed by atoms with Crippen molar-refractivity contribution in [3.63, 3.8) is 0 Å². The minimum atomic E-state index is -0.321. The molecule has 24 heavy (non-hydrogen) atoms. The first-order valence-electron chi connectivity index (χ1n) is 7.75. The van der Waals surface area contributed by atoms with E-state index < -0.39 is 0 Å². The normalized spacial score (nSPS) is 14.5. The van der Waals surface area contributed by atoms with E-state index in [4.69, 9.17) is 4.74 Å². The quantitative estimate of drug-likeness (QED) is 0.882. The average molecular weight is 333 g/mol.